The maximum absolute atomic E-state index is 14.1. The molecule has 0 saturated carbocycles. The number of carbonyl (C=O) groups excluding carboxylic acids is 1. The molecule has 0 spiro atoms. The van der Waals surface area contributed by atoms with Gasteiger partial charge in [-0.25, -0.2) is 4.99 Å². The van der Waals surface area contributed by atoms with Crippen LogP contribution >= 0.6 is 0 Å². The average Bonchev–Trinajstić information content (AvgIpc) is 3.30. The van der Waals surface area contributed by atoms with Crippen molar-refractivity contribution in [3.63, 3.8) is 0 Å². The largest absolute Gasteiger partial charge is 0.497 e. The van der Waals surface area contributed by atoms with Crippen LogP contribution in [0.1, 0.15) is 45.9 Å². The predicted octanol–water partition coefficient (Wildman–Crippen LogP) is 6.87. The van der Waals surface area contributed by atoms with E-state index in [1.165, 1.54) is 11.1 Å². The number of hydrazone groups is 1. The molecule has 7 rings (SSSR count). The van der Waals surface area contributed by atoms with Crippen LogP contribution in [0, 0.1) is 0 Å². The number of ether oxygens (including phenoxy) is 1. The van der Waals surface area contributed by atoms with Crippen molar-refractivity contribution in [2.75, 3.05) is 12.1 Å². The Kier molecular flexibility index (Phi) is 6.00. The summed E-state index contributed by atoms with van der Waals surface area (Å²) >= 11 is 0. The zero-order chi connectivity index (χ0) is 27.1. The number of benzene rings is 4. The Bertz CT molecular complexity index is 1670. The molecule has 40 heavy (non-hydrogen) atoms. The summed E-state index contributed by atoms with van der Waals surface area (Å²) in [6.45, 7) is 0. The summed E-state index contributed by atoms with van der Waals surface area (Å²) in [5.41, 5.74) is 7.12. The van der Waals surface area contributed by atoms with Crippen molar-refractivity contribution < 1.29 is 9.53 Å². The molecule has 1 atom stereocenters. The number of rotatable bonds is 5. The molecular formula is C34H28N4O2. The van der Waals surface area contributed by atoms with Crippen molar-refractivity contribution in [3.8, 4) is 5.75 Å². The first-order chi connectivity index (χ1) is 19.7. The zero-order valence-corrected chi connectivity index (χ0v) is 22.2. The molecule has 0 saturated heterocycles. The molecule has 0 radical (unpaired) electrons. The van der Waals surface area contributed by atoms with Crippen molar-refractivity contribution >= 4 is 29.0 Å². The summed E-state index contributed by atoms with van der Waals surface area (Å²) in [5, 5.41) is 6.78. The van der Waals surface area contributed by atoms with Gasteiger partial charge in [-0.05, 0) is 60.2 Å². The summed E-state index contributed by atoms with van der Waals surface area (Å²) in [7, 11) is 1.67. The molecule has 0 bridgehead atoms. The lowest BCUT2D eigenvalue weighted by molar-refractivity contribution is 0.105. The Hall–Kier alpha value is -4.97. The molecule has 0 N–H and O–H groups in total. The number of aryl methyl sites for hydroxylation is 1. The minimum atomic E-state index is -0.250. The van der Waals surface area contributed by atoms with E-state index < -0.39 is 0 Å². The van der Waals surface area contributed by atoms with Gasteiger partial charge in [-0.15, -0.1) is 5.10 Å². The van der Waals surface area contributed by atoms with E-state index in [4.69, 9.17) is 14.8 Å². The Morgan fingerprint density at radius 3 is 2.27 bits per heavy atom. The number of Topliss-reactive ketones (excluding diaryl/α,β-unsaturated/α-hetero) is 1. The van der Waals surface area contributed by atoms with E-state index >= 15 is 0 Å². The molecule has 4 aromatic rings. The molecule has 6 nitrogen and oxygen atoms in total. The number of guanidine groups is 1. The minimum absolute atomic E-state index is 0.136. The third-order valence-electron chi connectivity index (χ3n) is 7.77. The fourth-order valence-electron chi connectivity index (χ4n) is 5.86. The summed E-state index contributed by atoms with van der Waals surface area (Å²) in [6.07, 6.45) is 2.85. The molecule has 3 aliphatic rings. The van der Waals surface area contributed by atoms with Gasteiger partial charge < -0.3 is 4.74 Å². The quantitative estimate of drug-likeness (QED) is 0.267. The highest BCUT2D eigenvalue weighted by Crippen LogP contribution is 2.46. The summed E-state index contributed by atoms with van der Waals surface area (Å²) < 4.78 is 5.47. The van der Waals surface area contributed by atoms with Crippen LogP contribution in [-0.2, 0) is 6.42 Å². The van der Waals surface area contributed by atoms with E-state index in [0.29, 0.717) is 17.4 Å². The highest BCUT2D eigenvalue weighted by atomic mass is 16.5. The molecule has 0 fully saturated rings. The Morgan fingerprint density at radius 2 is 1.52 bits per heavy atom. The van der Waals surface area contributed by atoms with Gasteiger partial charge in [0.15, 0.2) is 0 Å². The normalized spacial score (nSPS) is 17.8. The highest BCUT2D eigenvalue weighted by Gasteiger charge is 2.45. The van der Waals surface area contributed by atoms with E-state index in [9.17, 15) is 4.79 Å². The van der Waals surface area contributed by atoms with Crippen molar-refractivity contribution in [2.45, 2.75) is 25.3 Å². The number of fused-ring (bicyclic) bond motifs is 3. The molecular weight excluding hydrogens is 496 g/mol. The molecule has 2 aliphatic heterocycles. The number of hydrogen-bond acceptors (Lipinski definition) is 6. The zero-order valence-electron chi connectivity index (χ0n) is 22.2. The number of aliphatic imine (C=N–C) groups is 1. The number of hydrogen-bond donors (Lipinski definition) is 0. The maximum atomic E-state index is 14.1. The van der Waals surface area contributed by atoms with Crippen LogP contribution in [0.4, 0.5) is 5.69 Å². The van der Waals surface area contributed by atoms with Gasteiger partial charge in [0.25, 0.3) is 0 Å². The number of carbonyl (C=O) groups is 1. The summed E-state index contributed by atoms with van der Waals surface area (Å²) in [4.78, 5) is 21.4. The van der Waals surface area contributed by atoms with Gasteiger partial charge in [-0.3, -0.25) is 9.69 Å². The fourth-order valence-corrected chi connectivity index (χ4v) is 5.86. The van der Waals surface area contributed by atoms with Crippen molar-refractivity contribution in [1.82, 2.24) is 4.90 Å². The second-order valence-electron chi connectivity index (χ2n) is 10.1. The molecule has 0 amide bonds. The molecule has 6 heteroatoms. The Morgan fingerprint density at radius 1 is 0.825 bits per heavy atom. The second kappa shape index (κ2) is 9.97. The van der Waals surface area contributed by atoms with Crippen LogP contribution in [0.25, 0.3) is 5.70 Å². The van der Waals surface area contributed by atoms with Crippen LogP contribution < -0.4 is 9.75 Å². The molecule has 196 valence electrons. The van der Waals surface area contributed by atoms with E-state index in [1.54, 1.807) is 7.11 Å². The van der Waals surface area contributed by atoms with Crippen molar-refractivity contribution in [1.29, 1.82) is 0 Å². The summed E-state index contributed by atoms with van der Waals surface area (Å²) in [5.74, 6) is 1.64. The van der Waals surface area contributed by atoms with Gasteiger partial charge in [0.05, 0.1) is 24.5 Å². The van der Waals surface area contributed by atoms with Gasteiger partial charge in [0.2, 0.25) is 17.6 Å². The van der Waals surface area contributed by atoms with E-state index in [0.717, 1.165) is 47.5 Å². The number of methoxy groups -OCH3 is 1. The fraction of sp³-hybridized carbons (Fsp3) is 0.147. The smallest absolute Gasteiger partial charge is 0.234 e. The molecule has 1 aliphatic carbocycles. The topological polar surface area (TPSA) is 57.5 Å². The lowest BCUT2D eigenvalue weighted by atomic mass is 9.89. The molecule has 1 unspecified atom stereocenters. The SMILES string of the molecule is COc1ccc(C2C3=C(N=C4N(c5ccccc5)N=C(C(=O)c5ccccc5)N42)c2ccccc2CCC3)cc1. The number of anilines is 1. The first-order valence-corrected chi connectivity index (χ1v) is 13.6. The Balaban J connectivity index is 1.47. The first-order valence-electron chi connectivity index (χ1n) is 13.6. The van der Waals surface area contributed by atoms with Crippen LogP contribution in [-0.4, -0.2) is 29.6 Å². The standard InChI is InChI=1S/C34H28N4O2/c1-40-27-21-19-24(20-22-27)31-29-18-10-14-23-11-8-9-17-28(23)30(29)35-34-37(31)33(32(39)25-12-4-2-5-13-25)36-38(34)26-15-6-3-7-16-26/h2-9,11-13,15-17,19-22,31H,10,14,18H2,1H3. The number of nitrogens with zero attached hydrogens (tertiary/aromatic N) is 4. The summed E-state index contributed by atoms with van der Waals surface area (Å²) in [6, 6.07) is 35.7. The van der Waals surface area contributed by atoms with Gasteiger partial charge in [-0.1, -0.05) is 84.9 Å². The number of ketones is 1. The number of para-hydroxylation sites is 1. The molecule has 4 aromatic carbocycles. The minimum Gasteiger partial charge on any atom is -0.497 e. The van der Waals surface area contributed by atoms with E-state index in [1.807, 2.05) is 82.7 Å². The van der Waals surface area contributed by atoms with Crippen LogP contribution in [0.15, 0.2) is 125 Å². The van der Waals surface area contributed by atoms with Gasteiger partial charge in [0, 0.05) is 11.1 Å². The third-order valence-corrected chi connectivity index (χ3v) is 7.77. The monoisotopic (exact) mass is 524 g/mol. The van der Waals surface area contributed by atoms with Crippen molar-refractivity contribution in [2.24, 2.45) is 10.1 Å². The number of amidine groups is 1. The lowest BCUT2D eigenvalue weighted by Crippen LogP contribution is -2.45. The average molecular weight is 525 g/mol. The van der Waals surface area contributed by atoms with Crippen LogP contribution in [0.5, 0.6) is 5.75 Å². The van der Waals surface area contributed by atoms with Gasteiger partial charge in [0.1, 0.15) is 5.75 Å². The van der Waals surface area contributed by atoms with Gasteiger partial charge in [-0.2, -0.15) is 5.01 Å². The van der Waals surface area contributed by atoms with Gasteiger partial charge >= 0.3 is 0 Å². The third kappa shape index (κ3) is 4.00. The van der Waals surface area contributed by atoms with E-state index in [-0.39, 0.29) is 11.8 Å². The lowest BCUT2D eigenvalue weighted by Gasteiger charge is -2.37. The van der Waals surface area contributed by atoms with Crippen LogP contribution in [0.3, 0.4) is 0 Å². The second-order valence-corrected chi connectivity index (χ2v) is 10.1. The highest BCUT2D eigenvalue weighted by molar-refractivity contribution is 6.49. The van der Waals surface area contributed by atoms with Crippen LogP contribution in [0.2, 0.25) is 0 Å². The Labute approximate surface area is 233 Å². The predicted molar refractivity (Wildman–Crippen MR) is 158 cm³/mol. The van der Waals surface area contributed by atoms with E-state index in [2.05, 4.69) is 36.4 Å². The van der Waals surface area contributed by atoms with Crippen molar-refractivity contribution in [3.05, 3.63) is 137 Å². The molecule has 0 aromatic heterocycles. The molecule has 2 heterocycles. The maximum Gasteiger partial charge on any atom is 0.234 e. The first kappa shape index (κ1) is 24.1.